The maximum absolute atomic E-state index is 11.6. The summed E-state index contributed by atoms with van der Waals surface area (Å²) in [5.41, 5.74) is 0.0809. The first-order valence-electron chi connectivity index (χ1n) is 27.2. The molecule has 32 atom stereocenters. The SMILES string of the molecule is COC1(CCC(C)OC2OC(CO)C(O)C(O)C2O)OC2CC3C4CCC5CC(OC6OC(CO)C(OC7OC(C)C(O)C(O)C7OC7OC(CO)C(O)C(O)C7O)C(O)C6O)CCC5(C)C4CCC3(C)C2C1C. The van der Waals surface area contributed by atoms with E-state index in [0.29, 0.717) is 42.9 Å². The first-order valence-corrected chi connectivity index (χ1v) is 27.2. The van der Waals surface area contributed by atoms with Crippen molar-refractivity contribution in [3.05, 3.63) is 0 Å². The van der Waals surface area contributed by atoms with Crippen LogP contribution in [0.25, 0.3) is 0 Å². The monoisotopic (exact) mass is 1070 g/mol. The van der Waals surface area contributed by atoms with Crippen molar-refractivity contribution >= 4 is 0 Å². The molecule has 4 aliphatic carbocycles. The van der Waals surface area contributed by atoms with Crippen LogP contribution >= 0.6 is 0 Å². The molecule has 5 aliphatic heterocycles. The van der Waals surface area contributed by atoms with E-state index in [1.165, 1.54) is 6.92 Å². The summed E-state index contributed by atoms with van der Waals surface area (Å²) in [6.45, 7) is 8.45. The minimum absolute atomic E-state index is 0.0181. The van der Waals surface area contributed by atoms with Crippen molar-refractivity contribution in [2.75, 3.05) is 26.9 Å². The molecule has 0 spiro atoms. The molecule has 5 saturated heterocycles. The van der Waals surface area contributed by atoms with Gasteiger partial charge in [0.05, 0.1) is 44.2 Å². The van der Waals surface area contributed by atoms with E-state index in [-0.39, 0.29) is 34.9 Å². The van der Waals surface area contributed by atoms with Gasteiger partial charge in [-0.3, -0.25) is 0 Å². The zero-order valence-electron chi connectivity index (χ0n) is 43.3. The average molecular weight is 1070 g/mol. The van der Waals surface area contributed by atoms with Crippen LogP contribution in [0.2, 0.25) is 0 Å². The van der Waals surface area contributed by atoms with Crippen LogP contribution < -0.4 is 0 Å². The summed E-state index contributed by atoms with van der Waals surface area (Å²) in [6.07, 6.45) is -22.5. The Hall–Kier alpha value is -0.920. The minimum Gasteiger partial charge on any atom is -0.394 e. The smallest absolute Gasteiger partial charge is 0.187 e. The fraction of sp³-hybridized carbons (Fsp3) is 1.00. The molecule has 428 valence electrons. The highest BCUT2D eigenvalue weighted by molar-refractivity contribution is 5.15. The van der Waals surface area contributed by atoms with Crippen molar-refractivity contribution in [2.24, 2.45) is 46.3 Å². The van der Waals surface area contributed by atoms with Gasteiger partial charge in [-0.2, -0.15) is 0 Å². The fourth-order valence-corrected chi connectivity index (χ4v) is 15.8. The summed E-state index contributed by atoms with van der Waals surface area (Å²) in [5.74, 6) is 1.32. The first-order chi connectivity index (χ1) is 35.1. The summed E-state index contributed by atoms with van der Waals surface area (Å²) in [6, 6.07) is 0. The number of fused-ring (bicyclic) bond motifs is 7. The molecule has 9 rings (SSSR count). The third-order valence-corrected chi connectivity index (χ3v) is 20.1. The van der Waals surface area contributed by atoms with Crippen LogP contribution in [0.15, 0.2) is 0 Å². The zero-order valence-corrected chi connectivity index (χ0v) is 43.3. The third kappa shape index (κ3) is 10.1. The van der Waals surface area contributed by atoms with Crippen LogP contribution in [-0.2, 0) is 47.4 Å². The summed E-state index contributed by atoms with van der Waals surface area (Å²) < 4.78 is 60.7. The van der Waals surface area contributed by atoms with Gasteiger partial charge >= 0.3 is 0 Å². The van der Waals surface area contributed by atoms with E-state index < -0.39 is 155 Å². The van der Waals surface area contributed by atoms with E-state index in [1.54, 1.807) is 7.11 Å². The molecule has 0 aromatic heterocycles. The number of rotatable bonds is 15. The highest BCUT2D eigenvalue weighted by Crippen LogP contribution is 2.71. The second kappa shape index (κ2) is 22.6. The molecule has 32 unspecified atom stereocenters. The van der Waals surface area contributed by atoms with Crippen LogP contribution in [0.5, 0.6) is 0 Å². The van der Waals surface area contributed by atoms with Crippen LogP contribution in [0.3, 0.4) is 0 Å². The molecule has 23 heteroatoms. The minimum atomic E-state index is -1.86. The van der Waals surface area contributed by atoms with Gasteiger partial charge in [-0.25, -0.2) is 0 Å². The first kappa shape index (κ1) is 57.8. The van der Waals surface area contributed by atoms with E-state index in [1.807, 2.05) is 6.92 Å². The Morgan fingerprint density at radius 3 is 1.77 bits per heavy atom. The number of hydrogen-bond acceptors (Lipinski definition) is 23. The van der Waals surface area contributed by atoms with Gasteiger partial charge in [0.25, 0.3) is 0 Å². The molecule has 13 N–H and O–H groups in total. The van der Waals surface area contributed by atoms with Gasteiger partial charge in [-0.1, -0.05) is 20.8 Å². The molecule has 0 aromatic rings. The predicted molar refractivity (Wildman–Crippen MR) is 250 cm³/mol. The van der Waals surface area contributed by atoms with Crippen molar-refractivity contribution in [3.63, 3.8) is 0 Å². The number of aliphatic hydroxyl groups excluding tert-OH is 13. The number of aliphatic hydroxyl groups is 13. The van der Waals surface area contributed by atoms with Gasteiger partial charge < -0.3 is 114 Å². The Bertz CT molecular complexity index is 1850. The molecule has 0 radical (unpaired) electrons. The summed E-state index contributed by atoms with van der Waals surface area (Å²) >= 11 is 0. The summed E-state index contributed by atoms with van der Waals surface area (Å²) in [4.78, 5) is 0. The van der Waals surface area contributed by atoms with Crippen LogP contribution in [-0.4, -0.2) is 240 Å². The topological polar surface area (TPSA) is 355 Å². The van der Waals surface area contributed by atoms with Crippen molar-refractivity contribution < 1.29 is 114 Å². The maximum Gasteiger partial charge on any atom is 0.187 e. The number of methoxy groups -OCH3 is 1. The van der Waals surface area contributed by atoms with E-state index in [9.17, 15) is 66.4 Å². The second-order valence-corrected chi connectivity index (χ2v) is 23.9. The van der Waals surface area contributed by atoms with E-state index in [2.05, 4.69) is 20.8 Å². The van der Waals surface area contributed by atoms with Crippen molar-refractivity contribution in [1.82, 2.24) is 0 Å². The highest BCUT2D eigenvalue weighted by atomic mass is 16.8. The lowest BCUT2D eigenvalue weighted by Gasteiger charge is -2.61. The van der Waals surface area contributed by atoms with Gasteiger partial charge in [-0.05, 0) is 112 Å². The summed E-state index contributed by atoms with van der Waals surface area (Å²) in [7, 11) is 1.69. The van der Waals surface area contributed by atoms with Crippen molar-refractivity contribution in [1.29, 1.82) is 0 Å². The molecule has 5 heterocycles. The Morgan fingerprint density at radius 2 is 1.12 bits per heavy atom. The molecular weight excluding hydrogens is 981 g/mol. The highest BCUT2D eigenvalue weighted by Gasteiger charge is 2.69. The largest absolute Gasteiger partial charge is 0.394 e. The van der Waals surface area contributed by atoms with Crippen molar-refractivity contribution in [3.8, 4) is 0 Å². The lowest BCUT2D eigenvalue weighted by Crippen LogP contribution is -2.66. The molecule has 0 aromatic carbocycles. The normalized spacial score (nSPS) is 56.0. The Labute approximate surface area is 431 Å². The molecule has 0 bridgehead atoms. The number of hydrogen-bond donors (Lipinski definition) is 13. The van der Waals surface area contributed by atoms with Crippen LogP contribution in [0, 0.1) is 46.3 Å². The van der Waals surface area contributed by atoms with Crippen LogP contribution in [0.1, 0.15) is 98.8 Å². The molecule has 4 saturated carbocycles. The number of ether oxygens (including phenoxy) is 10. The molecule has 9 aliphatic rings. The standard InChI is InChI=1S/C51H86O23/c1-20(66-45-40(62)36(58)34(56)29(17-52)69-45)9-14-51(65-6)21(2)32-28(74-51)16-27-25-8-7-23-15-24(10-12-49(23,4)26(25)11-13-50(27,32)5)68-46-42(64)39(61)43(31(19-54)71-46)72-48-44(38(60)33(55)22(3)67-48)73-47-41(63)37(59)35(57)30(18-53)70-47/h20-48,52-64H,7-19H2,1-6H3. The molecular formula is C51H86O23. The van der Waals surface area contributed by atoms with E-state index in [4.69, 9.17) is 47.4 Å². The molecule has 23 nitrogen and oxygen atoms in total. The van der Waals surface area contributed by atoms with Gasteiger partial charge in [0.15, 0.2) is 30.9 Å². The Morgan fingerprint density at radius 1 is 0.554 bits per heavy atom. The quantitative estimate of drug-likeness (QED) is 0.0753. The Kier molecular flexibility index (Phi) is 17.6. The predicted octanol–water partition coefficient (Wildman–Crippen LogP) is -2.52. The maximum atomic E-state index is 11.6. The zero-order chi connectivity index (χ0) is 53.5. The van der Waals surface area contributed by atoms with Crippen molar-refractivity contribution in [2.45, 2.75) is 246 Å². The Balaban J connectivity index is 0.796. The lowest BCUT2D eigenvalue weighted by atomic mass is 9.44. The van der Waals surface area contributed by atoms with Gasteiger partial charge in [0.2, 0.25) is 0 Å². The van der Waals surface area contributed by atoms with Gasteiger partial charge in [0, 0.05) is 19.4 Å². The van der Waals surface area contributed by atoms with E-state index in [0.717, 1.165) is 44.9 Å². The molecule has 0 amide bonds. The molecule has 74 heavy (non-hydrogen) atoms. The van der Waals surface area contributed by atoms with Gasteiger partial charge in [0.1, 0.15) is 91.6 Å². The van der Waals surface area contributed by atoms with E-state index >= 15 is 0 Å². The van der Waals surface area contributed by atoms with Gasteiger partial charge in [-0.15, -0.1) is 0 Å². The second-order valence-electron chi connectivity index (χ2n) is 23.9. The lowest BCUT2D eigenvalue weighted by molar-refractivity contribution is -0.388. The molecule has 9 fully saturated rings. The summed E-state index contributed by atoms with van der Waals surface area (Å²) in [5, 5.41) is 137. The third-order valence-electron chi connectivity index (χ3n) is 20.1. The van der Waals surface area contributed by atoms with Crippen LogP contribution in [0.4, 0.5) is 0 Å². The fourth-order valence-electron chi connectivity index (χ4n) is 15.8. The average Bonchev–Trinajstić information content (AvgIpc) is 3.85.